The maximum absolute atomic E-state index is 11.9. The van der Waals surface area contributed by atoms with Crippen LogP contribution in [0, 0.1) is 0 Å². The molecular weight excluding hydrogens is 360 g/mol. The van der Waals surface area contributed by atoms with Crippen LogP contribution in [-0.2, 0) is 9.59 Å². The average Bonchev–Trinajstić information content (AvgIpc) is 2.93. The molecule has 2 amide bonds. The zero-order chi connectivity index (χ0) is 18.2. The molecule has 0 aromatic heterocycles. The van der Waals surface area contributed by atoms with Crippen LogP contribution < -0.4 is 14.8 Å². The predicted molar refractivity (Wildman–Crippen MR) is 103 cm³/mol. The van der Waals surface area contributed by atoms with Crippen LogP contribution in [0.3, 0.4) is 0 Å². The van der Waals surface area contributed by atoms with Gasteiger partial charge in [0, 0.05) is 19.2 Å². The van der Waals surface area contributed by atoms with E-state index in [-0.39, 0.29) is 11.8 Å². The van der Waals surface area contributed by atoms with Crippen molar-refractivity contribution in [2.45, 2.75) is 6.92 Å². The Morgan fingerprint density at radius 3 is 2.88 bits per heavy atom. The van der Waals surface area contributed by atoms with Crippen molar-refractivity contribution in [3.8, 4) is 11.5 Å². The van der Waals surface area contributed by atoms with E-state index in [9.17, 15) is 9.59 Å². The van der Waals surface area contributed by atoms with Gasteiger partial charge in [0.25, 0.3) is 0 Å². The summed E-state index contributed by atoms with van der Waals surface area (Å²) in [5, 5.41) is 2.74. The highest BCUT2D eigenvalue weighted by molar-refractivity contribution is 8.23. The first-order valence-electron chi connectivity index (χ1n) is 7.79. The van der Waals surface area contributed by atoms with Crippen molar-refractivity contribution in [1.82, 2.24) is 10.2 Å². The molecule has 1 aliphatic rings. The molecule has 0 spiro atoms. The van der Waals surface area contributed by atoms with E-state index in [0.29, 0.717) is 41.3 Å². The van der Waals surface area contributed by atoms with Crippen LogP contribution in [0.5, 0.6) is 11.5 Å². The lowest BCUT2D eigenvalue weighted by atomic mass is 10.2. The quantitative estimate of drug-likeness (QED) is 0.550. The van der Waals surface area contributed by atoms with Crippen molar-refractivity contribution in [2.24, 2.45) is 0 Å². The van der Waals surface area contributed by atoms with Gasteiger partial charge in [0.1, 0.15) is 4.32 Å². The van der Waals surface area contributed by atoms with Gasteiger partial charge >= 0.3 is 0 Å². The molecule has 0 aliphatic carbocycles. The first-order chi connectivity index (χ1) is 12.0. The summed E-state index contributed by atoms with van der Waals surface area (Å²) < 4.78 is 11.3. The third kappa shape index (κ3) is 5.47. The zero-order valence-electron chi connectivity index (χ0n) is 14.1. The Balaban J connectivity index is 1.85. The summed E-state index contributed by atoms with van der Waals surface area (Å²) in [5.74, 6) is 1.41. The van der Waals surface area contributed by atoms with E-state index in [1.54, 1.807) is 25.3 Å². The molecular formula is C17H20N2O4S2. The highest BCUT2D eigenvalue weighted by Crippen LogP contribution is 2.28. The number of carbonyl (C=O) groups excluding carboxylic acids is 2. The summed E-state index contributed by atoms with van der Waals surface area (Å²) in [6.07, 6.45) is 3.13. The molecule has 1 fully saturated rings. The van der Waals surface area contributed by atoms with Crippen LogP contribution in [0.4, 0.5) is 0 Å². The van der Waals surface area contributed by atoms with Crippen molar-refractivity contribution < 1.29 is 19.1 Å². The number of thioether (sulfide) groups is 1. The highest BCUT2D eigenvalue weighted by atomic mass is 32.2. The van der Waals surface area contributed by atoms with Crippen LogP contribution in [0.2, 0.25) is 0 Å². The lowest BCUT2D eigenvalue weighted by molar-refractivity contribution is -0.124. The fourth-order valence-corrected chi connectivity index (χ4v) is 3.30. The molecule has 0 atom stereocenters. The second-order valence-corrected chi connectivity index (χ2v) is 6.68. The van der Waals surface area contributed by atoms with E-state index in [4.69, 9.17) is 21.7 Å². The molecule has 0 radical (unpaired) electrons. The van der Waals surface area contributed by atoms with E-state index in [0.717, 1.165) is 5.56 Å². The van der Waals surface area contributed by atoms with E-state index in [1.165, 1.54) is 22.7 Å². The van der Waals surface area contributed by atoms with Crippen LogP contribution >= 0.6 is 24.0 Å². The maximum Gasteiger partial charge on any atom is 0.244 e. The van der Waals surface area contributed by atoms with Crippen molar-refractivity contribution in [3.05, 3.63) is 29.8 Å². The second kappa shape index (κ2) is 9.43. The number of nitrogens with zero attached hydrogens (tertiary/aromatic N) is 1. The largest absolute Gasteiger partial charge is 0.493 e. The van der Waals surface area contributed by atoms with Crippen LogP contribution in [0.15, 0.2) is 24.3 Å². The van der Waals surface area contributed by atoms with Crippen LogP contribution in [0.1, 0.15) is 12.5 Å². The molecule has 1 aliphatic heterocycles. The number of amides is 2. The Hall–Kier alpha value is -2.06. The molecule has 1 saturated heterocycles. The normalized spacial score (nSPS) is 14.2. The molecule has 1 N–H and O–H groups in total. The van der Waals surface area contributed by atoms with Gasteiger partial charge in [0.2, 0.25) is 11.8 Å². The molecule has 134 valence electrons. The van der Waals surface area contributed by atoms with Gasteiger partial charge in [-0.15, -0.1) is 0 Å². The standard InChI is InChI=1S/C17H20N2O4S2/c1-3-23-13-6-4-12(10-14(13)22-2)5-7-15(20)18-8-9-19-16(21)11-25-17(19)24/h4-7,10H,3,8-9,11H2,1-2H3,(H,18,20)/b7-5+. The summed E-state index contributed by atoms with van der Waals surface area (Å²) in [6, 6.07) is 5.45. The maximum atomic E-state index is 11.9. The zero-order valence-corrected chi connectivity index (χ0v) is 15.7. The molecule has 2 rings (SSSR count). The summed E-state index contributed by atoms with van der Waals surface area (Å²) in [6.45, 7) is 3.19. The first-order valence-corrected chi connectivity index (χ1v) is 9.18. The first kappa shape index (κ1) is 19.3. The van der Waals surface area contributed by atoms with E-state index >= 15 is 0 Å². The molecule has 8 heteroatoms. The van der Waals surface area contributed by atoms with Crippen molar-refractivity contribution in [3.63, 3.8) is 0 Å². The van der Waals surface area contributed by atoms with Gasteiger partial charge in [0.15, 0.2) is 11.5 Å². The summed E-state index contributed by atoms with van der Waals surface area (Å²) in [4.78, 5) is 25.0. The summed E-state index contributed by atoms with van der Waals surface area (Å²) in [5.41, 5.74) is 0.822. The van der Waals surface area contributed by atoms with Gasteiger partial charge in [-0.1, -0.05) is 30.0 Å². The molecule has 1 heterocycles. The Kier molecular flexibility index (Phi) is 7.27. The predicted octanol–water partition coefficient (Wildman–Crippen LogP) is 2.08. The van der Waals surface area contributed by atoms with Crippen LogP contribution in [0.25, 0.3) is 6.08 Å². The number of hydrogen-bond donors (Lipinski definition) is 1. The highest BCUT2D eigenvalue weighted by Gasteiger charge is 2.25. The second-order valence-electron chi connectivity index (χ2n) is 5.07. The van der Waals surface area contributed by atoms with Gasteiger partial charge in [-0.25, -0.2) is 0 Å². The number of benzene rings is 1. The van der Waals surface area contributed by atoms with Crippen molar-refractivity contribution in [1.29, 1.82) is 0 Å². The Morgan fingerprint density at radius 2 is 2.24 bits per heavy atom. The SMILES string of the molecule is CCOc1ccc(/C=C/C(=O)NCCN2C(=O)CSC2=S)cc1OC. The summed E-state index contributed by atoms with van der Waals surface area (Å²) >= 11 is 6.43. The lowest BCUT2D eigenvalue weighted by Gasteiger charge is -2.14. The van der Waals surface area contributed by atoms with Gasteiger partial charge < -0.3 is 14.8 Å². The minimum atomic E-state index is -0.238. The minimum absolute atomic E-state index is 0.0127. The topological polar surface area (TPSA) is 67.9 Å². The average molecular weight is 380 g/mol. The Morgan fingerprint density at radius 1 is 1.44 bits per heavy atom. The Labute approximate surface area is 156 Å². The van der Waals surface area contributed by atoms with Gasteiger partial charge in [-0.3, -0.25) is 14.5 Å². The number of thiocarbonyl (C=S) groups is 1. The summed E-state index contributed by atoms with van der Waals surface area (Å²) in [7, 11) is 1.57. The number of ether oxygens (including phenoxy) is 2. The van der Waals surface area contributed by atoms with E-state index in [2.05, 4.69) is 5.32 Å². The molecule has 0 unspecified atom stereocenters. The third-order valence-electron chi connectivity index (χ3n) is 3.39. The fourth-order valence-electron chi connectivity index (χ4n) is 2.18. The molecule has 0 saturated carbocycles. The lowest BCUT2D eigenvalue weighted by Crippen LogP contribution is -2.36. The monoisotopic (exact) mass is 380 g/mol. The third-order valence-corrected chi connectivity index (χ3v) is 4.82. The van der Waals surface area contributed by atoms with Crippen molar-refractivity contribution in [2.75, 3.05) is 32.6 Å². The van der Waals surface area contributed by atoms with Crippen molar-refractivity contribution >= 4 is 46.2 Å². The molecule has 25 heavy (non-hydrogen) atoms. The number of carbonyl (C=O) groups is 2. The number of nitrogens with one attached hydrogen (secondary N) is 1. The number of hydrogen-bond acceptors (Lipinski definition) is 6. The Bertz CT molecular complexity index is 675. The number of rotatable bonds is 8. The minimum Gasteiger partial charge on any atom is -0.493 e. The van der Waals surface area contributed by atoms with E-state index < -0.39 is 0 Å². The smallest absolute Gasteiger partial charge is 0.244 e. The van der Waals surface area contributed by atoms with Gasteiger partial charge in [-0.05, 0) is 30.7 Å². The molecule has 0 bridgehead atoms. The van der Waals surface area contributed by atoms with Crippen LogP contribution in [-0.4, -0.2) is 53.6 Å². The molecule has 1 aromatic carbocycles. The fraction of sp³-hybridized carbons (Fsp3) is 0.353. The molecule has 1 aromatic rings. The van der Waals surface area contributed by atoms with Gasteiger partial charge in [0.05, 0.1) is 19.5 Å². The van der Waals surface area contributed by atoms with E-state index in [1.807, 2.05) is 13.0 Å². The van der Waals surface area contributed by atoms with Gasteiger partial charge in [-0.2, -0.15) is 0 Å². The molecule has 6 nitrogen and oxygen atoms in total. The number of methoxy groups -OCH3 is 1.